The summed E-state index contributed by atoms with van der Waals surface area (Å²) in [6, 6.07) is 4.94. The van der Waals surface area contributed by atoms with Crippen LogP contribution in [0.2, 0.25) is 0 Å². The van der Waals surface area contributed by atoms with Crippen LogP contribution >= 0.6 is 0 Å². The third-order valence-electron chi connectivity index (χ3n) is 3.59. The van der Waals surface area contributed by atoms with Crippen LogP contribution in [0.25, 0.3) is 0 Å². The summed E-state index contributed by atoms with van der Waals surface area (Å²) in [4.78, 5) is 23.1. The monoisotopic (exact) mass is 262 g/mol. The van der Waals surface area contributed by atoms with Crippen molar-refractivity contribution >= 4 is 17.6 Å². The molecule has 3 N–H and O–H groups in total. The van der Waals surface area contributed by atoms with Crippen LogP contribution in [-0.4, -0.2) is 30.1 Å². The number of carbonyl (C=O) groups excluding carboxylic acids is 1. The Morgan fingerprint density at radius 1 is 1.37 bits per heavy atom. The molecule has 1 aromatic carbocycles. The predicted molar refractivity (Wildman–Crippen MR) is 72.3 cm³/mol. The Labute approximate surface area is 112 Å². The predicted octanol–water partition coefficient (Wildman–Crippen LogP) is 1.49. The summed E-state index contributed by atoms with van der Waals surface area (Å²) in [6.45, 7) is 5.27. The molecular formula is C14H18N2O3. The van der Waals surface area contributed by atoms with E-state index in [1.165, 1.54) is 6.07 Å². The zero-order valence-corrected chi connectivity index (χ0v) is 11.1. The van der Waals surface area contributed by atoms with Gasteiger partial charge >= 0.3 is 5.97 Å². The van der Waals surface area contributed by atoms with E-state index in [9.17, 15) is 9.59 Å². The highest BCUT2D eigenvalue weighted by atomic mass is 16.4. The van der Waals surface area contributed by atoms with E-state index in [1.54, 1.807) is 19.1 Å². The summed E-state index contributed by atoms with van der Waals surface area (Å²) in [6.07, 6.45) is 0. The van der Waals surface area contributed by atoms with E-state index in [0.717, 1.165) is 6.54 Å². The van der Waals surface area contributed by atoms with E-state index >= 15 is 0 Å². The van der Waals surface area contributed by atoms with Gasteiger partial charge in [-0.3, -0.25) is 4.79 Å². The van der Waals surface area contributed by atoms with Gasteiger partial charge in [0, 0.05) is 12.2 Å². The van der Waals surface area contributed by atoms with Crippen molar-refractivity contribution in [1.82, 2.24) is 5.32 Å². The molecule has 0 spiro atoms. The summed E-state index contributed by atoms with van der Waals surface area (Å²) in [5.41, 5.74) is 1.43. The lowest BCUT2D eigenvalue weighted by Gasteiger charge is -2.14. The first-order valence-corrected chi connectivity index (χ1v) is 6.34. The lowest BCUT2D eigenvalue weighted by Crippen LogP contribution is -2.27. The third-order valence-corrected chi connectivity index (χ3v) is 3.59. The van der Waals surface area contributed by atoms with Crippen LogP contribution in [0.3, 0.4) is 0 Å². The Bertz CT molecular complexity index is 513. The van der Waals surface area contributed by atoms with Crippen LogP contribution < -0.4 is 10.6 Å². The van der Waals surface area contributed by atoms with Crippen LogP contribution in [0.15, 0.2) is 18.2 Å². The van der Waals surface area contributed by atoms with E-state index in [4.69, 9.17) is 5.11 Å². The third kappa shape index (κ3) is 2.93. The van der Waals surface area contributed by atoms with Gasteiger partial charge in [0.2, 0.25) is 5.91 Å². The summed E-state index contributed by atoms with van der Waals surface area (Å²) in [7, 11) is 0. The van der Waals surface area contributed by atoms with Gasteiger partial charge in [0.1, 0.15) is 0 Å². The molecule has 2 rings (SSSR count). The van der Waals surface area contributed by atoms with Crippen LogP contribution in [0.4, 0.5) is 5.69 Å². The van der Waals surface area contributed by atoms with Gasteiger partial charge < -0.3 is 15.7 Å². The van der Waals surface area contributed by atoms with Crippen molar-refractivity contribution in [2.45, 2.75) is 13.8 Å². The van der Waals surface area contributed by atoms with E-state index in [1.807, 2.05) is 6.92 Å². The number of aryl methyl sites for hydroxylation is 1. The number of hydrogen-bond donors (Lipinski definition) is 3. The van der Waals surface area contributed by atoms with Crippen LogP contribution in [-0.2, 0) is 4.79 Å². The highest BCUT2D eigenvalue weighted by Crippen LogP contribution is 2.20. The number of carboxylic acid groups (broad SMARTS) is 1. The molecule has 1 saturated heterocycles. The molecular weight excluding hydrogens is 244 g/mol. The number of carbonyl (C=O) groups is 2. The Hall–Kier alpha value is -1.88. The Morgan fingerprint density at radius 2 is 2.11 bits per heavy atom. The zero-order valence-electron chi connectivity index (χ0n) is 11.1. The number of anilines is 1. The molecule has 1 aliphatic rings. The highest BCUT2D eigenvalue weighted by Gasteiger charge is 2.29. The van der Waals surface area contributed by atoms with Crippen molar-refractivity contribution in [3.8, 4) is 0 Å². The Kier molecular flexibility index (Phi) is 3.85. The van der Waals surface area contributed by atoms with Gasteiger partial charge in [0.05, 0.1) is 11.5 Å². The molecule has 0 radical (unpaired) electrons. The van der Waals surface area contributed by atoms with E-state index in [-0.39, 0.29) is 17.4 Å². The molecule has 0 aromatic heterocycles. The number of hydrogen-bond acceptors (Lipinski definition) is 3. The fourth-order valence-electron chi connectivity index (χ4n) is 2.33. The average Bonchev–Trinajstić information content (AvgIpc) is 2.77. The topological polar surface area (TPSA) is 78.4 Å². The summed E-state index contributed by atoms with van der Waals surface area (Å²) >= 11 is 0. The number of carboxylic acids is 1. The first kappa shape index (κ1) is 13.5. The summed E-state index contributed by atoms with van der Waals surface area (Å²) in [5, 5.41) is 15.0. The van der Waals surface area contributed by atoms with Crippen molar-refractivity contribution in [3.63, 3.8) is 0 Å². The fraction of sp³-hybridized carbons (Fsp3) is 0.429. The minimum absolute atomic E-state index is 0.0577. The second-order valence-electron chi connectivity index (χ2n) is 5.07. The van der Waals surface area contributed by atoms with Crippen molar-refractivity contribution in [2.24, 2.45) is 11.8 Å². The molecule has 19 heavy (non-hydrogen) atoms. The van der Waals surface area contributed by atoms with Gasteiger partial charge in [-0.05, 0) is 37.1 Å². The SMILES string of the molecule is Cc1ccc(NC(=O)C2CNCC2C)cc1C(=O)O. The second kappa shape index (κ2) is 5.40. The first-order chi connectivity index (χ1) is 8.99. The molecule has 2 atom stereocenters. The van der Waals surface area contributed by atoms with E-state index in [2.05, 4.69) is 10.6 Å². The van der Waals surface area contributed by atoms with Crippen molar-refractivity contribution < 1.29 is 14.7 Å². The minimum atomic E-state index is -0.982. The van der Waals surface area contributed by atoms with Gasteiger partial charge in [-0.15, -0.1) is 0 Å². The number of rotatable bonds is 3. The molecule has 5 nitrogen and oxygen atoms in total. The zero-order chi connectivity index (χ0) is 14.0. The number of nitrogens with one attached hydrogen (secondary N) is 2. The Balaban J connectivity index is 2.13. The van der Waals surface area contributed by atoms with Gasteiger partial charge in [-0.2, -0.15) is 0 Å². The number of benzene rings is 1. The molecule has 1 aromatic rings. The largest absolute Gasteiger partial charge is 0.478 e. The maximum absolute atomic E-state index is 12.1. The molecule has 1 aliphatic heterocycles. The second-order valence-corrected chi connectivity index (χ2v) is 5.07. The fourth-order valence-corrected chi connectivity index (χ4v) is 2.33. The average molecular weight is 262 g/mol. The van der Waals surface area contributed by atoms with Crippen molar-refractivity contribution in [1.29, 1.82) is 0 Å². The molecule has 0 saturated carbocycles. The van der Waals surface area contributed by atoms with Crippen LogP contribution in [0.1, 0.15) is 22.8 Å². The standard InChI is InChI=1S/C14H18N2O3/c1-8-3-4-10(5-11(8)14(18)19)16-13(17)12-7-15-6-9(12)2/h3-5,9,12,15H,6-7H2,1-2H3,(H,16,17)(H,18,19). The molecule has 2 unspecified atom stereocenters. The van der Waals surface area contributed by atoms with Gasteiger partial charge in [0.25, 0.3) is 0 Å². The summed E-state index contributed by atoms with van der Waals surface area (Å²) < 4.78 is 0. The Morgan fingerprint density at radius 3 is 2.68 bits per heavy atom. The molecule has 1 heterocycles. The summed E-state index contributed by atoms with van der Waals surface area (Å²) in [5.74, 6) is -0.804. The maximum Gasteiger partial charge on any atom is 0.336 e. The molecule has 1 amide bonds. The van der Waals surface area contributed by atoms with Crippen molar-refractivity contribution in [3.05, 3.63) is 29.3 Å². The quantitative estimate of drug-likeness (QED) is 0.771. The van der Waals surface area contributed by atoms with E-state index < -0.39 is 5.97 Å². The number of aromatic carboxylic acids is 1. The van der Waals surface area contributed by atoms with Gasteiger partial charge in [-0.25, -0.2) is 4.79 Å². The maximum atomic E-state index is 12.1. The first-order valence-electron chi connectivity index (χ1n) is 6.34. The normalized spacial score (nSPS) is 22.2. The van der Waals surface area contributed by atoms with Gasteiger partial charge in [0.15, 0.2) is 0 Å². The lowest BCUT2D eigenvalue weighted by molar-refractivity contribution is -0.120. The smallest absolute Gasteiger partial charge is 0.336 e. The minimum Gasteiger partial charge on any atom is -0.478 e. The number of amides is 1. The van der Waals surface area contributed by atoms with Crippen molar-refractivity contribution in [2.75, 3.05) is 18.4 Å². The molecule has 5 heteroatoms. The molecule has 1 fully saturated rings. The molecule has 102 valence electrons. The highest BCUT2D eigenvalue weighted by molar-refractivity contribution is 5.96. The van der Waals surface area contributed by atoms with E-state index in [0.29, 0.717) is 23.7 Å². The lowest BCUT2D eigenvalue weighted by atomic mass is 9.97. The van der Waals surface area contributed by atoms with Crippen LogP contribution in [0.5, 0.6) is 0 Å². The molecule has 0 aliphatic carbocycles. The molecule has 0 bridgehead atoms. The van der Waals surface area contributed by atoms with Gasteiger partial charge in [-0.1, -0.05) is 13.0 Å². The van der Waals surface area contributed by atoms with Crippen LogP contribution in [0, 0.1) is 18.8 Å².